The Kier molecular flexibility index (Phi) is 4.73. The van der Waals surface area contributed by atoms with Crippen molar-refractivity contribution in [3.8, 4) is 0 Å². The maximum absolute atomic E-state index is 12.4. The van der Waals surface area contributed by atoms with Crippen molar-refractivity contribution in [2.24, 2.45) is 5.92 Å². The molecule has 1 spiro atoms. The van der Waals surface area contributed by atoms with Crippen molar-refractivity contribution in [2.45, 2.75) is 75.6 Å². The third-order valence-electron chi connectivity index (χ3n) is 7.07. The average molecular weight is 369 g/mol. The highest BCUT2D eigenvalue weighted by Gasteiger charge is 2.46. The van der Waals surface area contributed by atoms with Gasteiger partial charge in [0.15, 0.2) is 0 Å². The largest absolute Gasteiger partial charge is 0.375 e. The van der Waals surface area contributed by atoms with Gasteiger partial charge in [-0.25, -0.2) is 0 Å². The van der Waals surface area contributed by atoms with Crippen LogP contribution in [0.5, 0.6) is 0 Å². The lowest BCUT2D eigenvalue weighted by molar-refractivity contribution is -0.150. The van der Waals surface area contributed by atoms with Crippen LogP contribution in [0.3, 0.4) is 0 Å². The van der Waals surface area contributed by atoms with Gasteiger partial charge in [-0.3, -0.25) is 9.69 Å². The Labute approximate surface area is 162 Å². The van der Waals surface area contributed by atoms with Gasteiger partial charge in [0.25, 0.3) is 0 Å². The summed E-state index contributed by atoms with van der Waals surface area (Å²) in [6.45, 7) is 3.73. The van der Waals surface area contributed by atoms with E-state index in [1.54, 1.807) is 0 Å². The van der Waals surface area contributed by atoms with Gasteiger partial charge in [-0.1, -0.05) is 30.3 Å². The predicted molar refractivity (Wildman–Crippen MR) is 105 cm³/mol. The molecule has 1 aromatic carbocycles. The molecule has 2 saturated carbocycles. The molecule has 0 N–H and O–H groups in total. The first-order chi connectivity index (χ1) is 13.2. The smallest absolute Gasteiger partial charge is 0.225 e. The van der Waals surface area contributed by atoms with Crippen LogP contribution in [-0.4, -0.2) is 53.1 Å². The molecule has 0 aromatic heterocycles. The molecule has 0 radical (unpaired) electrons. The standard InChI is InChI=1S/C23H32N2O2/c26-22(19-6-7-19)24-13-11-23(12-14-24)16-21(10-15-27-23)25(20-8-9-20)17-18-4-2-1-3-5-18/h1-5,19-21H,6-17H2. The molecule has 4 aliphatic rings. The molecule has 2 heterocycles. The molecule has 27 heavy (non-hydrogen) atoms. The Balaban J connectivity index is 1.24. The van der Waals surface area contributed by atoms with Crippen LogP contribution in [0, 0.1) is 5.92 Å². The Morgan fingerprint density at radius 3 is 2.44 bits per heavy atom. The molecule has 4 fully saturated rings. The number of amides is 1. The molecule has 2 aliphatic carbocycles. The van der Waals surface area contributed by atoms with Crippen LogP contribution in [-0.2, 0) is 16.1 Å². The Morgan fingerprint density at radius 2 is 1.78 bits per heavy atom. The van der Waals surface area contributed by atoms with Gasteiger partial charge in [-0.05, 0) is 56.9 Å². The van der Waals surface area contributed by atoms with E-state index in [0.29, 0.717) is 17.9 Å². The van der Waals surface area contributed by atoms with Crippen LogP contribution in [0.4, 0.5) is 0 Å². The summed E-state index contributed by atoms with van der Waals surface area (Å²) < 4.78 is 6.38. The molecular weight excluding hydrogens is 336 g/mol. The van der Waals surface area contributed by atoms with E-state index in [0.717, 1.165) is 70.8 Å². The zero-order valence-electron chi connectivity index (χ0n) is 16.3. The number of likely N-dealkylation sites (tertiary alicyclic amines) is 1. The molecule has 2 saturated heterocycles. The molecule has 146 valence electrons. The Hall–Kier alpha value is -1.39. The topological polar surface area (TPSA) is 32.8 Å². The Bertz CT molecular complexity index is 660. The lowest BCUT2D eigenvalue weighted by atomic mass is 9.81. The Morgan fingerprint density at radius 1 is 1.04 bits per heavy atom. The molecule has 1 aromatic rings. The number of ether oxygens (including phenoxy) is 1. The van der Waals surface area contributed by atoms with Crippen LogP contribution in [0.15, 0.2) is 30.3 Å². The molecule has 1 amide bonds. The molecule has 1 unspecified atom stereocenters. The number of hydrogen-bond donors (Lipinski definition) is 0. The summed E-state index contributed by atoms with van der Waals surface area (Å²) in [4.78, 5) is 17.3. The van der Waals surface area contributed by atoms with E-state index in [1.165, 1.54) is 18.4 Å². The normalized spacial score (nSPS) is 27.9. The van der Waals surface area contributed by atoms with Crippen LogP contribution in [0.25, 0.3) is 0 Å². The van der Waals surface area contributed by atoms with Gasteiger partial charge >= 0.3 is 0 Å². The van der Waals surface area contributed by atoms with Gasteiger partial charge in [-0.15, -0.1) is 0 Å². The first-order valence-corrected chi connectivity index (χ1v) is 10.9. The summed E-state index contributed by atoms with van der Waals surface area (Å²) in [7, 11) is 0. The second-order valence-corrected chi connectivity index (χ2v) is 9.17. The van der Waals surface area contributed by atoms with E-state index in [-0.39, 0.29) is 5.60 Å². The lowest BCUT2D eigenvalue weighted by Gasteiger charge is -2.48. The predicted octanol–water partition coefficient (Wildman–Crippen LogP) is 3.60. The van der Waals surface area contributed by atoms with E-state index in [4.69, 9.17) is 4.74 Å². The molecule has 0 bridgehead atoms. The number of nitrogens with zero attached hydrogens (tertiary/aromatic N) is 2. The molecule has 4 nitrogen and oxygen atoms in total. The number of benzene rings is 1. The molecule has 1 atom stereocenters. The minimum atomic E-state index is 0.00702. The third-order valence-corrected chi connectivity index (χ3v) is 7.07. The van der Waals surface area contributed by atoms with Crippen LogP contribution < -0.4 is 0 Å². The molecule has 5 rings (SSSR count). The SMILES string of the molecule is O=C(C1CC1)N1CCC2(CC1)CC(N(Cc1ccccc1)C1CC1)CCO2. The van der Waals surface area contributed by atoms with Gasteiger partial charge in [0.1, 0.15) is 0 Å². The summed E-state index contributed by atoms with van der Waals surface area (Å²) in [5.41, 5.74) is 1.43. The molecule has 2 aliphatic heterocycles. The van der Waals surface area contributed by atoms with Crippen molar-refractivity contribution in [2.75, 3.05) is 19.7 Å². The fourth-order valence-corrected chi connectivity index (χ4v) is 5.11. The fourth-order valence-electron chi connectivity index (χ4n) is 5.11. The van der Waals surface area contributed by atoms with E-state index < -0.39 is 0 Å². The van der Waals surface area contributed by atoms with Crippen molar-refractivity contribution >= 4 is 5.91 Å². The van der Waals surface area contributed by atoms with Crippen molar-refractivity contribution in [3.05, 3.63) is 35.9 Å². The van der Waals surface area contributed by atoms with Gasteiger partial charge in [-0.2, -0.15) is 0 Å². The van der Waals surface area contributed by atoms with Crippen LogP contribution >= 0.6 is 0 Å². The number of rotatable bonds is 5. The van der Waals surface area contributed by atoms with E-state index in [2.05, 4.69) is 40.1 Å². The minimum Gasteiger partial charge on any atom is -0.375 e. The summed E-state index contributed by atoms with van der Waals surface area (Å²) in [6, 6.07) is 12.3. The van der Waals surface area contributed by atoms with E-state index >= 15 is 0 Å². The summed E-state index contributed by atoms with van der Waals surface area (Å²) >= 11 is 0. The van der Waals surface area contributed by atoms with E-state index in [9.17, 15) is 4.79 Å². The van der Waals surface area contributed by atoms with Crippen molar-refractivity contribution in [3.63, 3.8) is 0 Å². The molecule has 4 heteroatoms. The maximum atomic E-state index is 12.4. The quantitative estimate of drug-likeness (QED) is 0.796. The molecular formula is C23H32N2O2. The second kappa shape index (κ2) is 7.21. The second-order valence-electron chi connectivity index (χ2n) is 9.17. The van der Waals surface area contributed by atoms with Crippen molar-refractivity contribution in [1.82, 2.24) is 9.80 Å². The highest BCUT2D eigenvalue weighted by Crippen LogP contribution is 2.41. The number of piperidine rings is 1. The van der Waals surface area contributed by atoms with Gasteiger partial charge in [0.2, 0.25) is 5.91 Å². The van der Waals surface area contributed by atoms with Crippen LogP contribution in [0.1, 0.15) is 56.9 Å². The van der Waals surface area contributed by atoms with Crippen LogP contribution in [0.2, 0.25) is 0 Å². The summed E-state index contributed by atoms with van der Waals surface area (Å²) in [5, 5.41) is 0. The first-order valence-electron chi connectivity index (χ1n) is 10.9. The lowest BCUT2D eigenvalue weighted by Crippen LogP contribution is -2.55. The number of carbonyl (C=O) groups is 1. The average Bonchev–Trinajstić information content (AvgIpc) is 3.60. The third kappa shape index (κ3) is 3.93. The number of hydrogen-bond acceptors (Lipinski definition) is 3. The van der Waals surface area contributed by atoms with Crippen molar-refractivity contribution < 1.29 is 9.53 Å². The minimum absolute atomic E-state index is 0.00702. The number of carbonyl (C=O) groups excluding carboxylic acids is 1. The highest BCUT2D eigenvalue weighted by atomic mass is 16.5. The van der Waals surface area contributed by atoms with Gasteiger partial charge in [0.05, 0.1) is 5.60 Å². The van der Waals surface area contributed by atoms with Gasteiger partial charge in [0, 0.05) is 44.2 Å². The van der Waals surface area contributed by atoms with Crippen molar-refractivity contribution in [1.29, 1.82) is 0 Å². The summed E-state index contributed by atoms with van der Waals surface area (Å²) in [6.07, 6.45) is 9.24. The fraction of sp³-hybridized carbons (Fsp3) is 0.696. The maximum Gasteiger partial charge on any atom is 0.225 e. The first kappa shape index (κ1) is 17.7. The summed E-state index contributed by atoms with van der Waals surface area (Å²) in [5.74, 6) is 0.746. The zero-order chi connectivity index (χ0) is 18.3. The van der Waals surface area contributed by atoms with E-state index in [1.807, 2.05) is 0 Å². The highest BCUT2D eigenvalue weighted by molar-refractivity contribution is 5.81. The zero-order valence-corrected chi connectivity index (χ0v) is 16.3. The monoisotopic (exact) mass is 368 g/mol. The van der Waals surface area contributed by atoms with Gasteiger partial charge < -0.3 is 9.64 Å².